The highest BCUT2D eigenvalue weighted by Crippen LogP contribution is 2.33. The molecule has 1 saturated carbocycles. The van der Waals surface area contributed by atoms with Crippen molar-refractivity contribution in [1.82, 2.24) is 4.90 Å². The van der Waals surface area contributed by atoms with Crippen molar-refractivity contribution in [2.75, 3.05) is 19.3 Å². The Kier molecular flexibility index (Phi) is 4.14. The number of rotatable bonds is 3. The predicted molar refractivity (Wildman–Crippen MR) is 68.4 cm³/mol. The second-order valence-electron chi connectivity index (χ2n) is 4.98. The normalized spacial score (nSPS) is 35.8. The van der Waals surface area contributed by atoms with Gasteiger partial charge in [-0.3, -0.25) is 4.79 Å². The number of nitrogens with two attached hydrogens (primary N) is 1. The minimum absolute atomic E-state index is 0.335. The Morgan fingerprint density at radius 3 is 2.81 bits per heavy atom. The molecule has 0 radical (unpaired) electrons. The van der Waals surface area contributed by atoms with Crippen LogP contribution >= 0.6 is 11.8 Å². The molecule has 0 aromatic carbocycles. The third kappa shape index (κ3) is 2.38. The highest BCUT2D eigenvalue weighted by molar-refractivity contribution is 7.99. The van der Waals surface area contributed by atoms with Crippen LogP contribution < -0.4 is 5.73 Å². The first-order valence-electron chi connectivity index (χ1n) is 6.28. The molecule has 1 heterocycles. The molecule has 16 heavy (non-hydrogen) atoms. The fraction of sp³-hybridized carbons (Fsp3) is 0.917. The number of nitrogens with zero attached hydrogens (tertiary/aromatic N) is 1. The van der Waals surface area contributed by atoms with Crippen LogP contribution in [0.3, 0.4) is 0 Å². The van der Waals surface area contributed by atoms with E-state index in [1.807, 2.05) is 11.8 Å². The monoisotopic (exact) mass is 242 g/mol. The third-order valence-electron chi connectivity index (χ3n) is 3.94. The lowest BCUT2D eigenvalue weighted by atomic mass is 9.93. The molecule has 2 aliphatic rings. The van der Waals surface area contributed by atoms with Gasteiger partial charge in [0.25, 0.3) is 0 Å². The zero-order valence-electron chi connectivity index (χ0n) is 10.0. The Hall–Kier alpha value is -0.220. The molecule has 2 N–H and O–H groups in total. The first kappa shape index (κ1) is 12.2. The van der Waals surface area contributed by atoms with Gasteiger partial charge in [0.05, 0.1) is 0 Å². The topological polar surface area (TPSA) is 46.3 Å². The standard InChI is InChI=1S/C12H22N2OS/c1-16-11-5-3-2-4-10(11)14-8-9(7-13)6-12(14)15/h9-11H,2-8,13H2,1H3. The van der Waals surface area contributed by atoms with E-state index in [1.54, 1.807) is 0 Å². The van der Waals surface area contributed by atoms with Gasteiger partial charge in [-0.25, -0.2) is 0 Å². The molecule has 92 valence electrons. The Morgan fingerprint density at radius 1 is 1.44 bits per heavy atom. The first-order chi connectivity index (χ1) is 7.76. The fourth-order valence-electron chi connectivity index (χ4n) is 3.00. The SMILES string of the molecule is CSC1CCCCC1N1CC(CN)CC1=O. The second kappa shape index (κ2) is 5.41. The van der Waals surface area contributed by atoms with E-state index in [2.05, 4.69) is 11.2 Å². The van der Waals surface area contributed by atoms with E-state index in [4.69, 9.17) is 5.73 Å². The Labute approximate surface area is 102 Å². The summed E-state index contributed by atoms with van der Waals surface area (Å²) in [5.74, 6) is 0.735. The summed E-state index contributed by atoms with van der Waals surface area (Å²) in [7, 11) is 0. The highest BCUT2D eigenvalue weighted by Gasteiger charge is 2.37. The van der Waals surface area contributed by atoms with Gasteiger partial charge in [-0.1, -0.05) is 12.8 Å². The van der Waals surface area contributed by atoms with Crippen molar-refractivity contribution < 1.29 is 4.79 Å². The smallest absolute Gasteiger partial charge is 0.223 e. The van der Waals surface area contributed by atoms with E-state index in [0.29, 0.717) is 36.1 Å². The van der Waals surface area contributed by atoms with Crippen molar-refractivity contribution in [3.63, 3.8) is 0 Å². The van der Waals surface area contributed by atoms with Crippen molar-refractivity contribution in [2.45, 2.75) is 43.4 Å². The lowest BCUT2D eigenvalue weighted by molar-refractivity contribution is -0.130. The molecule has 1 aliphatic heterocycles. The van der Waals surface area contributed by atoms with Crippen molar-refractivity contribution in [3.05, 3.63) is 0 Å². The van der Waals surface area contributed by atoms with Crippen LogP contribution in [-0.2, 0) is 4.79 Å². The van der Waals surface area contributed by atoms with Gasteiger partial charge in [-0.2, -0.15) is 11.8 Å². The lowest BCUT2D eigenvalue weighted by Crippen LogP contribution is -2.45. The van der Waals surface area contributed by atoms with Gasteiger partial charge in [-0.15, -0.1) is 0 Å². The van der Waals surface area contributed by atoms with Gasteiger partial charge in [0.1, 0.15) is 0 Å². The number of amides is 1. The zero-order chi connectivity index (χ0) is 11.5. The number of likely N-dealkylation sites (tertiary alicyclic amines) is 1. The summed E-state index contributed by atoms with van der Waals surface area (Å²) >= 11 is 1.93. The van der Waals surface area contributed by atoms with Gasteiger partial charge in [0.2, 0.25) is 5.91 Å². The zero-order valence-corrected chi connectivity index (χ0v) is 10.8. The van der Waals surface area contributed by atoms with E-state index in [-0.39, 0.29) is 0 Å². The van der Waals surface area contributed by atoms with Gasteiger partial charge < -0.3 is 10.6 Å². The molecule has 1 aliphatic carbocycles. The highest BCUT2D eigenvalue weighted by atomic mass is 32.2. The van der Waals surface area contributed by atoms with Crippen LogP contribution in [0.25, 0.3) is 0 Å². The fourth-order valence-corrected chi connectivity index (χ4v) is 4.00. The molecule has 2 fully saturated rings. The Bertz CT molecular complexity index is 259. The number of carbonyl (C=O) groups is 1. The molecule has 1 saturated heterocycles. The molecular weight excluding hydrogens is 220 g/mol. The number of thioether (sulfide) groups is 1. The van der Waals surface area contributed by atoms with E-state index in [9.17, 15) is 4.79 Å². The van der Waals surface area contributed by atoms with E-state index in [1.165, 1.54) is 25.7 Å². The summed E-state index contributed by atoms with van der Waals surface area (Å²) in [6.45, 7) is 1.55. The minimum Gasteiger partial charge on any atom is -0.338 e. The maximum Gasteiger partial charge on any atom is 0.223 e. The van der Waals surface area contributed by atoms with Crippen LogP contribution in [0.1, 0.15) is 32.1 Å². The first-order valence-corrected chi connectivity index (χ1v) is 7.57. The average Bonchev–Trinajstić information content (AvgIpc) is 2.70. The number of carbonyl (C=O) groups excluding carboxylic acids is 1. The summed E-state index contributed by atoms with van der Waals surface area (Å²) in [5, 5.41) is 0.647. The maximum absolute atomic E-state index is 12.0. The van der Waals surface area contributed by atoms with Crippen LogP contribution in [0.5, 0.6) is 0 Å². The second-order valence-corrected chi connectivity index (χ2v) is 6.05. The molecule has 3 unspecified atom stereocenters. The van der Waals surface area contributed by atoms with E-state index >= 15 is 0 Å². The number of hydrogen-bond donors (Lipinski definition) is 1. The van der Waals surface area contributed by atoms with Crippen LogP contribution in [0.4, 0.5) is 0 Å². The van der Waals surface area contributed by atoms with Gasteiger partial charge in [0.15, 0.2) is 0 Å². The summed E-state index contributed by atoms with van der Waals surface area (Å²) in [6, 6.07) is 0.479. The predicted octanol–water partition coefficient (Wildman–Crippen LogP) is 1.47. The lowest BCUT2D eigenvalue weighted by Gasteiger charge is -2.37. The summed E-state index contributed by atoms with van der Waals surface area (Å²) in [5.41, 5.74) is 5.67. The van der Waals surface area contributed by atoms with Crippen LogP contribution in [0, 0.1) is 5.92 Å². The Morgan fingerprint density at radius 2 is 2.19 bits per heavy atom. The van der Waals surface area contributed by atoms with Gasteiger partial charge in [-0.05, 0) is 31.6 Å². The van der Waals surface area contributed by atoms with Crippen molar-refractivity contribution in [3.8, 4) is 0 Å². The van der Waals surface area contributed by atoms with Gasteiger partial charge >= 0.3 is 0 Å². The average molecular weight is 242 g/mol. The molecule has 0 aromatic rings. The molecule has 0 aromatic heterocycles. The summed E-state index contributed by atoms with van der Waals surface area (Å²) < 4.78 is 0. The van der Waals surface area contributed by atoms with Crippen molar-refractivity contribution >= 4 is 17.7 Å². The molecule has 3 atom stereocenters. The maximum atomic E-state index is 12.0. The summed E-state index contributed by atoms with van der Waals surface area (Å²) in [4.78, 5) is 14.1. The quantitative estimate of drug-likeness (QED) is 0.815. The van der Waals surface area contributed by atoms with E-state index in [0.717, 1.165) is 6.54 Å². The summed E-state index contributed by atoms with van der Waals surface area (Å²) in [6.07, 6.45) is 7.90. The molecule has 1 amide bonds. The molecular formula is C12H22N2OS. The largest absolute Gasteiger partial charge is 0.338 e. The minimum atomic E-state index is 0.335. The molecule has 3 nitrogen and oxygen atoms in total. The molecule has 0 bridgehead atoms. The van der Waals surface area contributed by atoms with Crippen LogP contribution in [-0.4, -0.2) is 41.4 Å². The van der Waals surface area contributed by atoms with Gasteiger partial charge in [0, 0.05) is 24.3 Å². The van der Waals surface area contributed by atoms with E-state index < -0.39 is 0 Å². The van der Waals surface area contributed by atoms with Crippen molar-refractivity contribution in [1.29, 1.82) is 0 Å². The molecule has 2 rings (SSSR count). The number of hydrogen-bond acceptors (Lipinski definition) is 3. The molecule has 4 heteroatoms. The van der Waals surface area contributed by atoms with Crippen LogP contribution in [0.2, 0.25) is 0 Å². The van der Waals surface area contributed by atoms with Crippen LogP contribution in [0.15, 0.2) is 0 Å². The third-order valence-corrected chi connectivity index (χ3v) is 5.10. The Balaban J connectivity index is 2.02. The van der Waals surface area contributed by atoms with Crippen molar-refractivity contribution in [2.24, 2.45) is 11.7 Å². The molecule has 0 spiro atoms.